The van der Waals surface area contributed by atoms with Gasteiger partial charge in [-0.1, -0.05) is 54.3 Å². The molecule has 2 aromatic carbocycles. The van der Waals surface area contributed by atoms with Gasteiger partial charge < -0.3 is 9.64 Å². The second-order valence-electron chi connectivity index (χ2n) is 9.65. The van der Waals surface area contributed by atoms with Crippen molar-refractivity contribution in [2.75, 3.05) is 32.6 Å². The smallest absolute Gasteiger partial charge is 0.254 e. The van der Waals surface area contributed by atoms with Crippen LogP contribution in [-0.2, 0) is 21.7 Å². The summed E-state index contributed by atoms with van der Waals surface area (Å²) in [6.07, 6.45) is 3.47. The Labute approximate surface area is 225 Å². The highest BCUT2D eigenvalue weighted by molar-refractivity contribution is 8.25. The minimum Gasteiger partial charge on any atom is -0.497 e. The molecule has 188 valence electrons. The molecule has 0 N–H and O–H groups in total. The third kappa shape index (κ3) is 3.11. The van der Waals surface area contributed by atoms with E-state index in [9.17, 15) is 9.59 Å². The average molecular weight is 531 g/mol. The van der Waals surface area contributed by atoms with E-state index >= 15 is 0 Å². The van der Waals surface area contributed by atoms with Gasteiger partial charge in [0, 0.05) is 43.2 Å². The van der Waals surface area contributed by atoms with Crippen LogP contribution in [0.1, 0.15) is 22.6 Å². The summed E-state index contributed by atoms with van der Waals surface area (Å²) in [7, 11) is 5.31. The Morgan fingerprint density at radius 2 is 1.78 bits per heavy atom. The molecular formula is C28H26N4O3S2. The lowest BCUT2D eigenvalue weighted by Crippen LogP contribution is -2.62. The first kappa shape index (κ1) is 24.1. The molecule has 1 aromatic heterocycles. The summed E-state index contributed by atoms with van der Waals surface area (Å²) in [5, 5.41) is 0. The third-order valence-corrected chi connectivity index (χ3v) is 9.89. The van der Waals surface area contributed by atoms with Crippen molar-refractivity contribution in [1.82, 2.24) is 14.8 Å². The maximum atomic E-state index is 14.8. The SMILES string of the molecule is COc1ccc2c(c1)[C@]1(C(=O)N2C)N(C)C[C@@H](c2ccncc2)[C@@]12SC(=S)N(Cc1ccccc1)C2=O. The number of carbonyl (C=O) groups excluding carboxylic acids is 2. The Morgan fingerprint density at radius 1 is 1.05 bits per heavy atom. The number of amides is 2. The quantitative estimate of drug-likeness (QED) is 0.476. The molecule has 37 heavy (non-hydrogen) atoms. The Bertz CT molecular complexity index is 1420. The highest BCUT2D eigenvalue weighted by atomic mass is 32.2. The van der Waals surface area contributed by atoms with Crippen molar-refractivity contribution in [3.05, 3.63) is 89.7 Å². The van der Waals surface area contributed by atoms with E-state index in [0.717, 1.165) is 22.4 Å². The van der Waals surface area contributed by atoms with E-state index in [1.165, 1.54) is 11.8 Å². The number of thiocarbonyl (C=S) groups is 1. The first-order valence-corrected chi connectivity index (χ1v) is 13.3. The van der Waals surface area contributed by atoms with Crippen molar-refractivity contribution in [3.8, 4) is 5.75 Å². The van der Waals surface area contributed by atoms with Crippen LogP contribution in [0.4, 0.5) is 5.69 Å². The van der Waals surface area contributed by atoms with E-state index in [2.05, 4.69) is 4.98 Å². The molecular weight excluding hydrogens is 504 g/mol. The first-order valence-electron chi connectivity index (χ1n) is 12.0. The molecule has 2 saturated heterocycles. The van der Waals surface area contributed by atoms with Crippen LogP contribution in [0.5, 0.6) is 5.75 Å². The number of likely N-dealkylation sites (tertiary alicyclic amines) is 1. The van der Waals surface area contributed by atoms with E-state index in [1.54, 1.807) is 36.4 Å². The van der Waals surface area contributed by atoms with Crippen LogP contribution in [-0.4, -0.2) is 63.4 Å². The number of aromatic nitrogens is 1. The number of benzene rings is 2. The molecule has 2 fully saturated rings. The summed E-state index contributed by atoms with van der Waals surface area (Å²) in [5.41, 5.74) is 2.21. The number of hydrogen-bond donors (Lipinski definition) is 0. The number of nitrogens with zero attached hydrogens (tertiary/aromatic N) is 4. The van der Waals surface area contributed by atoms with Gasteiger partial charge >= 0.3 is 0 Å². The average Bonchev–Trinajstić information content (AvgIpc) is 3.43. The van der Waals surface area contributed by atoms with Gasteiger partial charge in [0.05, 0.1) is 13.7 Å². The zero-order chi connectivity index (χ0) is 25.9. The molecule has 4 heterocycles. The fraction of sp³-hybridized carbons (Fsp3) is 0.286. The lowest BCUT2D eigenvalue weighted by Gasteiger charge is -2.42. The van der Waals surface area contributed by atoms with Gasteiger partial charge in [-0.3, -0.25) is 24.4 Å². The molecule has 7 nitrogen and oxygen atoms in total. The van der Waals surface area contributed by atoms with Crippen LogP contribution in [0.3, 0.4) is 0 Å². The Morgan fingerprint density at radius 3 is 2.49 bits per heavy atom. The van der Waals surface area contributed by atoms with Gasteiger partial charge in [-0.05, 0) is 48.5 Å². The minimum absolute atomic E-state index is 0.139. The van der Waals surface area contributed by atoms with Crippen LogP contribution >= 0.6 is 24.0 Å². The summed E-state index contributed by atoms with van der Waals surface area (Å²) in [6, 6.07) is 19.3. The molecule has 3 aliphatic rings. The van der Waals surface area contributed by atoms with Crippen LogP contribution in [0.25, 0.3) is 0 Å². The topological polar surface area (TPSA) is 66.0 Å². The largest absolute Gasteiger partial charge is 0.497 e. The second-order valence-corrected chi connectivity index (χ2v) is 11.5. The molecule has 0 bridgehead atoms. The molecule has 0 radical (unpaired) electrons. The van der Waals surface area contributed by atoms with Crippen molar-refractivity contribution >= 4 is 45.8 Å². The maximum Gasteiger partial charge on any atom is 0.254 e. The van der Waals surface area contributed by atoms with Gasteiger partial charge in [0.2, 0.25) is 5.91 Å². The van der Waals surface area contributed by atoms with Crippen LogP contribution in [0.2, 0.25) is 0 Å². The van der Waals surface area contributed by atoms with Crippen LogP contribution < -0.4 is 9.64 Å². The Kier molecular flexibility index (Phi) is 5.63. The predicted molar refractivity (Wildman–Crippen MR) is 148 cm³/mol. The lowest BCUT2D eigenvalue weighted by molar-refractivity contribution is -0.139. The lowest BCUT2D eigenvalue weighted by atomic mass is 9.72. The number of pyridine rings is 1. The van der Waals surface area contributed by atoms with Gasteiger partial charge in [0.1, 0.15) is 14.8 Å². The normalized spacial score (nSPS) is 27.1. The number of hydrogen-bond acceptors (Lipinski definition) is 7. The molecule has 2 spiro atoms. The number of likely N-dealkylation sites (N-methyl/N-ethyl adjacent to an activating group) is 2. The number of anilines is 1. The van der Waals surface area contributed by atoms with Crippen molar-refractivity contribution in [3.63, 3.8) is 0 Å². The molecule has 6 rings (SSSR count). The third-order valence-electron chi connectivity index (χ3n) is 7.95. The summed E-state index contributed by atoms with van der Waals surface area (Å²) in [6.45, 7) is 0.853. The molecule has 3 aromatic rings. The van der Waals surface area contributed by atoms with Gasteiger partial charge in [0.15, 0.2) is 5.54 Å². The van der Waals surface area contributed by atoms with E-state index in [1.807, 2.05) is 72.6 Å². The highest BCUT2D eigenvalue weighted by Crippen LogP contribution is 2.66. The Hall–Kier alpha value is -3.27. The molecule has 2 amide bonds. The predicted octanol–water partition coefficient (Wildman–Crippen LogP) is 3.79. The highest BCUT2D eigenvalue weighted by Gasteiger charge is 2.78. The number of fused-ring (bicyclic) bond motifs is 3. The first-order chi connectivity index (χ1) is 17.9. The van der Waals surface area contributed by atoms with E-state index < -0.39 is 10.3 Å². The number of carbonyl (C=O) groups is 2. The molecule has 0 aliphatic carbocycles. The van der Waals surface area contributed by atoms with E-state index in [-0.39, 0.29) is 17.7 Å². The fourth-order valence-electron chi connectivity index (χ4n) is 6.30. The number of methoxy groups -OCH3 is 1. The monoisotopic (exact) mass is 530 g/mol. The minimum atomic E-state index is -1.27. The maximum absolute atomic E-state index is 14.8. The summed E-state index contributed by atoms with van der Waals surface area (Å²) in [5.74, 6) is 0.0532. The van der Waals surface area contributed by atoms with Gasteiger partial charge in [-0.15, -0.1) is 0 Å². The van der Waals surface area contributed by atoms with Crippen molar-refractivity contribution in [1.29, 1.82) is 0 Å². The van der Waals surface area contributed by atoms with Gasteiger partial charge in [0.25, 0.3) is 5.91 Å². The van der Waals surface area contributed by atoms with Crippen molar-refractivity contribution < 1.29 is 14.3 Å². The van der Waals surface area contributed by atoms with Gasteiger partial charge in [-0.25, -0.2) is 0 Å². The van der Waals surface area contributed by atoms with Crippen molar-refractivity contribution in [2.45, 2.75) is 22.7 Å². The number of rotatable bonds is 4. The summed E-state index contributed by atoms with van der Waals surface area (Å²) >= 11 is 7.24. The molecule has 0 unspecified atom stereocenters. The molecule has 3 atom stereocenters. The molecule has 9 heteroatoms. The molecule has 0 saturated carbocycles. The van der Waals surface area contributed by atoms with E-state index in [0.29, 0.717) is 23.2 Å². The zero-order valence-electron chi connectivity index (χ0n) is 20.7. The Balaban J connectivity index is 1.60. The zero-order valence-corrected chi connectivity index (χ0v) is 22.4. The number of thioether (sulfide) groups is 1. The number of ether oxygens (including phenoxy) is 1. The van der Waals surface area contributed by atoms with Crippen molar-refractivity contribution in [2.24, 2.45) is 0 Å². The summed E-state index contributed by atoms with van der Waals surface area (Å²) in [4.78, 5) is 38.9. The van der Waals surface area contributed by atoms with Crippen LogP contribution in [0.15, 0.2) is 73.1 Å². The van der Waals surface area contributed by atoms with Gasteiger partial charge in [-0.2, -0.15) is 0 Å². The van der Waals surface area contributed by atoms with Crippen LogP contribution in [0, 0.1) is 0 Å². The standard InChI is InChI=1S/C28H26N4O3S2/c1-30-17-22(19-11-13-29-14-12-19)28(25(34)32(26(36)37-28)16-18-7-5-4-6-8-18)27(30)21-15-20(35-3)9-10-23(21)31(2)24(27)33/h4-15,22H,16-17H2,1-3H3/t22-,27+,28-/m0/s1. The fourth-order valence-corrected chi connectivity index (χ4v) is 8.43. The van der Waals surface area contributed by atoms with E-state index in [4.69, 9.17) is 17.0 Å². The molecule has 3 aliphatic heterocycles. The second kappa shape index (κ2) is 8.65. The summed E-state index contributed by atoms with van der Waals surface area (Å²) < 4.78 is 4.84.